The summed E-state index contributed by atoms with van der Waals surface area (Å²) in [5, 5.41) is 16.1. The maximum atomic E-state index is 13.1. The maximum Gasteiger partial charge on any atom is 0.239 e. The standard InChI is InChI=1S/C28H37N5O3/c1-19-20(2)33(23-9-11-24(36-3)12-10-23)27(25(19)17-29)31-26(34)18-32-15-13-22(14-16-32)30-28(35)21-7-5-4-6-8-21/h9-12,21-22H,4-8,13-16,18H2,1-3H3,(H,30,35)(H,31,34). The zero-order valence-corrected chi connectivity index (χ0v) is 21.6. The van der Waals surface area contributed by atoms with Crippen LogP contribution in [0.25, 0.3) is 5.69 Å². The third-order valence-corrected chi connectivity index (χ3v) is 7.69. The van der Waals surface area contributed by atoms with E-state index in [4.69, 9.17) is 4.74 Å². The lowest BCUT2D eigenvalue weighted by atomic mass is 9.88. The molecule has 1 saturated heterocycles. The van der Waals surface area contributed by atoms with E-state index in [1.165, 1.54) is 6.42 Å². The van der Waals surface area contributed by atoms with E-state index in [9.17, 15) is 14.9 Å². The van der Waals surface area contributed by atoms with Crippen molar-refractivity contribution in [2.75, 3.05) is 32.1 Å². The van der Waals surface area contributed by atoms with Gasteiger partial charge >= 0.3 is 0 Å². The first-order chi connectivity index (χ1) is 17.4. The third kappa shape index (κ3) is 5.73. The Labute approximate surface area is 213 Å². The number of amides is 2. The minimum absolute atomic E-state index is 0.150. The summed E-state index contributed by atoms with van der Waals surface area (Å²) in [7, 11) is 1.62. The largest absolute Gasteiger partial charge is 0.497 e. The van der Waals surface area contributed by atoms with Gasteiger partial charge in [0.25, 0.3) is 0 Å². The summed E-state index contributed by atoms with van der Waals surface area (Å²) in [6.45, 7) is 5.61. The second-order valence-electron chi connectivity index (χ2n) is 10.0. The highest BCUT2D eigenvalue weighted by atomic mass is 16.5. The smallest absolute Gasteiger partial charge is 0.239 e. The van der Waals surface area contributed by atoms with E-state index in [1.807, 2.05) is 42.7 Å². The summed E-state index contributed by atoms with van der Waals surface area (Å²) in [5.74, 6) is 1.47. The molecule has 0 unspecified atom stereocenters. The van der Waals surface area contributed by atoms with Gasteiger partial charge in [0, 0.05) is 36.4 Å². The van der Waals surface area contributed by atoms with Gasteiger partial charge in [0.15, 0.2) is 0 Å². The molecule has 192 valence electrons. The number of nitrogens with zero attached hydrogens (tertiary/aromatic N) is 3. The summed E-state index contributed by atoms with van der Waals surface area (Å²) in [4.78, 5) is 27.7. The van der Waals surface area contributed by atoms with Crippen LogP contribution < -0.4 is 15.4 Å². The van der Waals surface area contributed by atoms with E-state index in [1.54, 1.807) is 7.11 Å². The van der Waals surface area contributed by atoms with E-state index in [0.29, 0.717) is 11.4 Å². The molecule has 1 aliphatic carbocycles. The first-order valence-corrected chi connectivity index (χ1v) is 13.0. The number of hydrogen-bond donors (Lipinski definition) is 2. The fraction of sp³-hybridized carbons (Fsp3) is 0.536. The number of methoxy groups -OCH3 is 1. The first-order valence-electron chi connectivity index (χ1n) is 13.0. The van der Waals surface area contributed by atoms with Crippen LogP contribution in [0.3, 0.4) is 0 Å². The van der Waals surface area contributed by atoms with Gasteiger partial charge in [0.05, 0.1) is 19.2 Å². The van der Waals surface area contributed by atoms with Gasteiger partial charge in [-0.15, -0.1) is 0 Å². The van der Waals surface area contributed by atoms with Crippen molar-refractivity contribution in [1.82, 2.24) is 14.8 Å². The normalized spacial score (nSPS) is 17.4. The fourth-order valence-electron chi connectivity index (χ4n) is 5.41. The van der Waals surface area contributed by atoms with Gasteiger partial charge in [0.1, 0.15) is 17.6 Å². The van der Waals surface area contributed by atoms with Crippen LogP contribution in [-0.4, -0.2) is 54.1 Å². The second-order valence-corrected chi connectivity index (χ2v) is 10.0. The van der Waals surface area contributed by atoms with Crippen molar-refractivity contribution in [3.05, 3.63) is 41.1 Å². The van der Waals surface area contributed by atoms with Gasteiger partial charge in [-0.3, -0.25) is 19.1 Å². The number of piperidine rings is 1. The molecule has 1 saturated carbocycles. The van der Waals surface area contributed by atoms with Gasteiger partial charge in [0.2, 0.25) is 11.8 Å². The van der Waals surface area contributed by atoms with Crippen molar-refractivity contribution in [2.45, 2.75) is 64.8 Å². The summed E-state index contributed by atoms with van der Waals surface area (Å²) in [5.41, 5.74) is 3.07. The molecule has 8 heteroatoms. The highest BCUT2D eigenvalue weighted by Gasteiger charge is 2.27. The number of aromatic nitrogens is 1. The molecule has 1 aromatic carbocycles. The van der Waals surface area contributed by atoms with Gasteiger partial charge in [-0.1, -0.05) is 19.3 Å². The minimum Gasteiger partial charge on any atom is -0.497 e. The Kier molecular flexibility index (Phi) is 8.32. The molecule has 36 heavy (non-hydrogen) atoms. The number of nitriles is 1. The number of nitrogens with one attached hydrogen (secondary N) is 2. The lowest BCUT2D eigenvalue weighted by Crippen LogP contribution is -2.48. The van der Waals surface area contributed by atoms with Crippen molar-refractivity contribution in [3.63, 3.8) is 0 Å². The van der Waals surface area contributed by atoms with Gasteiger partial charge in [-0.25, -0.2) is 0 Å². The molecule has 2 heterocycles. The Balaban J connectivity index is 1.37. The first kappa shape index (κ1) is 25.8. The molecule has 1 aliphatic heterocycles. The molecule has 2 amide bonds. The van der Waals surface area contributed by atoms with Crippen LogP contribution in [0.5, 0.6) is 5.75 Å². The van der Waals surface area contributed by atoms with Crippen molar-refractivity contribution in [1.29, 1.82) is 5.26 Å². The molecule has 2 aromatic rings. The summed E-state index contributed by atoms with van der Waals surface area (Å²) in [6.07, 6.45) is 7.24. The highest BCUT2D eigenvalue weighted by molar-refractivity contribution is 5.93. The average molecular weight is 492 g/mol. The van der Waals surface area contributed by atoms with Crippen LogP contribution >= 0.6 is 0 Å². The van der Waals surface area contributed by atoms with Crippen molar-refractivity contribution in [3.8, 4) is 17.5 Å². The maximum absolute atomic E-state index is 13.1. The molecule has 1 aromatic heterocycles. The molecular weight excluding hydrogens is 454 g/mol. The van der Waals surface area contributed by atoms with E-state index < -0.39 is 0 Å². The zero-order chi connectivity index (χ0) is 25.7. The minimum atomic E-state index is -0.150. The Morgan fingerprint density at radius 1 is 1.06 bits per heavy atom. The van der Waals surface area contributed by atoms with E-state index in [-0.39, 0.29) is 30.3 Å². The number of carbonyl (C=O) groups is 2. The highest BCUT2D eigenvalue weighted by Crippen LogP contribution is 2.31. The van der Waals surface area contributed by atoms with Crippen LogP contribution in [-0.2, 0) is 9.59 Å². The lowest BCUT2D eigenvalue weighted by Gasteiger charge is -2.33. The number of hydrogen-bond acceptors (Lipinski definition) is 5. The van der Waals surface area contributed by atoms with Gasteiger partial charge < -0.3 is 15.4 Å². The van der Waals surface area contributed by atoms with Crippen LogP contribution in [0.1, 0.15) is 61.8 Å². The molecule has 0 bridgehead atoms. The van der Waals surface area contributed by atoms with E-state index in [2.05, 4.69) is 21.6 Å². The van der Waals surface area contributed by atoms with Crippen LogP contribution in [0.15, 0.2) is 24.3 Å². The SMILES string of the molecule is COc1ccc(-n2c(C)c(C)c(C#N)c2NC(=O)CN2CCC(NC(=O)C3CCCCC3)CC2)cc1. The fourth-order valence-corrected chi connectivity index (χ4v) is 5.41. The Hall–Kier alpha value is -3.31. The van der Waals surface area contributed by atoms with Crippen molar-refractivity contribution in [2.24, 2.45) is 5.92 Å². The predicted molar refractivity (Wildman–Crippen MR) is 139 cm³/mol. The average Bonchev–Trinajstić information content (AvgIpc) is 3.14. The van der Waals surface area contributed by atoms with Crippen molar-refractivity contribution >= 4 is 17.6 Å². The van der Waals surface area contributed by atoms with Gasteiger partial charge in [-0.05, 0) is 69.4 Å². The molecule has 2 fully saturated rings. The van der Waals surface area contributed by atoms with Crippen LogP contribution in [0.4, 0.5) is 5.82 Å². The summed E-state index contributed by atoms with van der Waals surface area (Å²) >= 11 is 0. The van der Waals surface area contributed by atoms with Crippen LogP contribution in [0.2, 0.25) is 0 Å². The molecular formula is C28H37N5O3. The topological polar surface area (TPSA) is 99.4 Å². The summed E-state index contributed by atoms with van der Waals surface area (Å²) in [6, 6.07) is 9.99. The number of ether oxygens (including phenoxy) is 1. The van der Waals surface area contributed by atoms with Gasteiger partial charge in [-0.2, -0.15) is 5.26 Å². The Bertz CT molecular complexity index is 1120. The number of likely N-dealkylation sites (tertiary alicyclic amines) is 1. The van der Waals surface area contributed by atoms with Crippen molar-refractivity contribution < 1.29 is 14.3 Å². The monoisotopic (exact) mass is 491 g/mol. The molecule has 0 spiro atoms. The van der Waals surface area contributed by atoms with E-state index >= 15 is 0 Å². The second kappa shape index (κ2) is 11.6. The number of rotatable bonds is 7. The Morgan fingerprint density at radius 3 is 2.33 bits per heavy atom. The lowest BCUT2D eigenvalue weighted by molar-refractivity contribution is -0.127. The number of anilines is 1. The molecule has 0 atom stereocenters. The zero-order valence-electron chi connectivity index (χ0n) is 21.6. The third-order valence-electron chi connectivity index (χ3n) is 7.69. The summed E-state index contributed by atoms with van der Waals surface area (Å²) < 4.78 is 7.18. The number of benzene rings is 1. The molecule has 0 radical (unpaired) electrons. The van der Waals surface area contributed by atoms with Crippen LogP contribution in [0, 0.1) is 31.1 Å². The molecule has 8 nitrogen and oxygen atoms in total. The van der Waals surface area contributed by atoms with E-state index in [0.717, 1.165) is 74.3 Å². The predicted octanol–water partition coefficient (Wildman–Crippen LogP) is 4.07. The molecule has 2 aliphatic rings. The molecule has 2 N–H and O–H groups in total. The number of carbonyl (C=O) groups excluding carboxylic acids is 2. The molecule has 4 rings (SSSR count). The Morgan fingerprint density at radius 2 is 1.72 bits per heavy atom. The quantitative estimate of drug-likeness (QED) is 0.608.